The number of hydrogen-bond acceptors (Lipinski definition) is 2. The Morgan fingerprint density at radius 1 is 1.21 bits per heavy atom. The highest BCUT2D eigenvalue weighted by Gasteiger charge is 2.38. The first-order chi connectivity index (χ1) is 9.00. The van der Waals surface area contributed by atoms with Crippen molar-refractivity contribution in [3.05, 3.63) is 0 Å². The van der Waals surface area contributed by atoms with Crippen LogP contribution in [-0.4, -0.2) is 25.0 Å². The molecule has 3 atom stereocenters. The van der Waals surface area contributed by atoms with E-state index in [4.69, 9.17) is 0 Å². The maximum atomic E-state index is 12.6. The average molecular weight is 266 g/mol. The fourth-order valence-corrected chi connectivity index (χ4v) is 3.59. The SMILES string of the molecule is CC1CCCC(NC(=O)C(C)(C)C2CCCNC2)C1. The molecule has 0 aromatic heterocycles. The van der Waals surface area contributed by atoms with Gasteiger partial charge in [0.2, 0.25) is 5.91 Å². The van der Waals surface area contributed by atoms with Gasteiger partial charge in [-0.1, -0.05) is 33.6 Å². The Morgan fingerprint density at radius 3 is 2.63 bits per heavy atom. The van der Waals surface area contributed by atoms with E-state index in [0.29, 0.717) is 12.0 Å². The molecule has 1 saturated heterocycles. The summed E-state index contributed by atoms with van der Waals surface area (Å²) in [6.45, 7) is 8.63. The second kappa shape index (κ2) is 6.25. The predicted molar refractivity (Wildman–Crippen MR) is 78.9 cm³/mol. The van der Waals surface area contributed by atoms with Gasteiger partial charge in [0.25, 0.3) is 0 Å². The Hall–Kier alpha value is -0.570. The van der Waals surface area contributed by atoms with Gasteiger partial charge in [-0.05, 0) is 50.6 Å². The molecule has 0 aromatic rings. The monoisotopic (exact) mass is 266 g/mol. The third-order valence-electron chi connectivity index (χ3n) is 5.17. The summed E-state index contributed by atoms with van der Waals surface area (Å²) in [7, 11) is 0. The van der Waals surface area contributed by atoms with Crippen LogP contribution in [0.2, 0.25) is 0 Å². The molecule has 0 bridgehead atoms. The Kier molecular flexibility index (Phi) is 4.88. The molecule has 2 rings (SSSR count). The molecule has 3 unspecified atom stereocenters. The van der Waals surface area contributed by atoms with Crippen molar-refractivity contribution in [2.45, 2.75) is 65.3 Å². The highest BCUT2D eigenvalue weighted by atomic mass is 16.2. The van der Waals surface area contributed by atoms with E-state index in [0.717, 1.165) is 31.8 Å². The minimum absolute atomic E-state index is 0.242. The number of hydrogen-bond donors (Lipinski definition) is 2. The molecule has 19 heavy (non-hydrogen) atoms. The van der Waals surface area contributed by atoms with Crippen LogP contribution in [0.25, 0.3) is 0 Å². The van der Waals surface area contributed by atoms with Crippen molar-refractivity contribution in [1.29, 1.82) is 0 Å². The summed E-state index contributed by atoms with van der Waals surface area (Å²) in [6.07, 6.45) is 7.27. The van der Waals surface area contributed by atoms with Gasteiger partial charge in [-0.3, -0.25) is 4.79 Å². The van der Waals surface area contributed by atoms with Gasteiger partial charge in [0.05, 0.1) is 0 Å². The molecule has 2 fully saturated rings. The number of nitrogens with one attached hydrogen (secondary N) is 2. The molecule has 0 aromatic carbocycles. The fraction of sp³-hybridized carbons (Fsp3) is 0.938. The van der Waals surface area contributed by atoms with Crippen molar-refractivity contribution in [2.75, 3.05) is 13.1 Å². The zero-order valence-corrected chi connectivity index (χ0v) is 12.8. The Labute approximate surface area is 117 Å². The van der Waals surface area contributed by atoms with Crippen LogP contribution < -0.4 is 10.6 Å². The smallest absolute Gasteiger partial charge is 0.226 e. The molecule has 2 N–H and O–H groups in total. The second-order valence-corrected chi connectivity index (χ2v) is 7.21. The van der Waals surface area contributed by atoms with Gasteiger partial charge in [0, 0.05) is 11.5 Å². The molecule has 1 saturated carbocycles. The Balaban J connectivity index is 1.89. The lowest BCUT2D eigenvalue weighted by atomic mass is 9.74. The van der Waals surface area contributed by atoms with E-state index < -0.39 is 0 Å². The number of carbonyl (C=O) groups is 1. The zero-order valence-electron chi connectivity index (χ0n) is 12.8. The quantitative estimate of drug-likeness (QED) is 0.824. The molecule has 0 spiro atoms. The van der Waals surface area contributed by atoms with Crippen LogP contribution in [0.1, 0.15) is 59.3 Å². The van der Waals surface area contributed by atoms with Crippen LogP contribution in [0.3, 0.4) is 0 Å². The zero-order chi connectivity index (χ0) is 13.9. The number of piperidine rings is 1. The molecule has 110 valence electrons. The molecule has 1 aliphatic carbocycles. The largest absolute Gasteiger partial charge is 0.353 e. The third kappa shape index (κ3) is 3.71. The summed E-state index contributed by atoms with van der Waals surface area (Å²) in [5.41, 5.74) is -0.242. The van der Waals surface area contributed by atoms with Crippen molar-refractivity contribution in [2.24, 2.45) is 17.3 Å². The first-order valence-electron chi connectivity index (χ1n) is 8.02. The van der Waals surface area contributed by atoms with Crippen LogP contribution in [-0.2, 0) is 4.79 Å². The summed E-state index contributed by atoms with van der Waals surface area (Å²) < 4.78 is 0. The lowest BCUT2D eigenvalue weighted by Crippen LogP contribution is -2.50. The van der Waals surface area contributed by atoms with Crippen molar-refractivity contribution < 1.29 is 4.79 Å². The second-order valence-electron chi connectivity index (χ2n) is 7.21. The van der Waals surface area contributed by atoms with Crippen LogP contribution in [0.15, 0.2) is 0 Å². The maximum Gasteiger partial charge on any atom is 0.226 e. The molecule has 0 radical (unpaired) electrons. The van der Waals surface area contributed by atoms with E-state index in [1.165, 1.54) is 25.7 Å². The molecule has 1 aliphatic heterocycles. The predicted octanol–water partition coefficient (Wildman–Crippen LogP) is 2.71. The maximum absolute atomic E-state index is 12.6. The van der Waals surface area contributed by atoms with Crippen LogP contribution >= 0.6 is 0 Å². The van der Waals surface area contributed by atoms with Crippen molar-refractivity contribution in [3.63, 3.8) is 0 Å². The van der Waals surface area contributed by atoms with Crippen molar-refractivity contribution in [1.82, 2.24) is 10.6 Å². The fourth-order valence-electron chi connectivity index (χ4n) is 3.59. The summed E-state index contributed by atoms with van der Waals surface area (Å²) in [4.78, 5) is 12.6. The van der Waals surface area contributed by atoms with Gasteiger partial charge < -0.3 is 10.6 Å². The Morgan fingerprint density at radius 2 is 2.00 bits per heavy atom. The highest BCUT2D eigenvalue weighted by molar-refractivity contribution is 5.82. The van der Waals surface area contributed by atoms with E-state index in [1.807, 2.05) is 0 Å². The molecular weight excluding hydrogens is 236 g/mol. The molecular formula is C16H30N2O. The van der Waals surface area contributed by atoms with Crippen LogP contribution in [0.5, 0.6) is 0 Å². The molecule has 3 nitrogen and oxygen atoms in total. The minimum Gasteiger partial charge on any atom is -0.353 e. The Bertz CT molecular complexity index is 308. The lowest BCUT2D eigenvalue weighted by Gasteiger charge is -2.38. The first kappa shape index (κ1) is 14.8. The van der Waals surface area contributed by atoms with Gasteiger partial charge >= 0.3 is 0 Å². The normalized spacial score (nSPS) is 32.9. The summed E-state index contributed by atoms with van der Waals surface area (Å²) in [5, 5.41) is 6.75. The molecule has 3 heteroatoms. The average Bonchev–Trinajstić information content (AvgIpc) is 2.39. The number of carbonyl (C=O) groups excluding carboxylic acids is 1. The van der Waals surface area contributed by atoms with Gasteiger partial charge in [-0.15, -0.1) is 0 Å². The third-order valence-corrected chi connectivity index (χ3v) is 5.17. The van der Waals surface area contributed by atoms with Crippen molar-refractivity contribution in [3.8, 4) is 0 Å². The standard InChI is InChI=1S/C16H30N2O/c1-12-6-4-8-14(10-12)18-15(19)16(2,3)13-7-5-9-17-11-13/h12-14,17H,4-11H2,1-3H3,(H,18,19). The van der Waals surface area contributed by atoms with E-state index in [9.17, 15) is 4.79 Å². The topological polar surface area (TPSA) is 41.1 Å². The number of rotatable bonds is 3. The lowest BCUT2D eigenvalue weighted by molar-refractivity contribution is -0.133. The molecule has 2 aliphatic rings. The summed E-state index contributed by atoms with van der Waals surface area (Å²) >= 11 is 0. The van der Waals surface area contributed by atoms with Gasteiger partial charge in [-0.25, -0.2) is 0 Å². The molecule has 1 amide bonds. The van der Waals surface area contributed by atoms with Crippen molar-refractivity contribution >= 4 is 5.91 Å². The van der Waals surface area contributed by atoms with Crippen LogP contribution in [0, 0.1) is 17.3 Å². The summed E-state index contributed by atoms with van der Waals surface area (Å²) in [5.74, 6) is 1.50. The minimum atomic E-state index is -0.242. The van der Waals surface area contributed by atoms with Gasteiger partial charge in [-0.2, -0.15) is 0 Å². The van der Waals surface area contributed by atoms with Gasteiger partial charge in [0.1, 0.15) is 0 Å². The van der Waals surface area contributed by atoms with Gasteiger partial charge in [0.15, 0.2) is 0 Å². The van der Waals surface area contributed by atoms with Crippen LogP contribution in [0.4, 0.5) is 0 Å². The highest BCUT2D eigenvalue weighted by Crippen LogP contribution is 2.33. The van der Waals surface area contributed by atoms with E-state index in [1.54, 1.807) is 0 Å². The van der Waals surface area contributed by atoms with E-state index >= 15 is 0 Å². The van der Waals surface area contributed by atoms with E-state index in [2.05, 4.69) is 31.4 Å². The summed E-state index contributed by atoms with van der Waals surface area (Å²) in [6, 6.07) is 0.409. The van der Waals surface area contributed by atoms with E-state index in [-0.39, 0.29) is 11.3 Å². The number of amides is 1. The molecule has 1 heterocycles. The first-order valence-corrected chi connectivity index (χ1v) is 8.02.